The minimum absolute atomic E-state index is 0.0267. The Labute approximate surface area is 180 Å². The van der Waals surface area contributed by atoms with Gasteiger partial charge in [-0.2, -0.15) is 0 Å². The molecule has 0 unspecified atom stereocenters. The molecule has 4 aromatic rings. The molecule has 2 aromatic carbocycles. The predicted molar refractivity (Wildman–Crippen MR) is 114 cm³/mol. The predicted octanol–water partition coefficient (Wildman–Crippen LogP) is 2.85. The van der Waals surface area contributed by atoms with Crippen LogP contribution in [0.5, 0.6) is 0 Å². The molecule has 2 aromatic heterocycles. The number of benzene rings is 2. The highest BCUT2D eigenvalue weighted by Gasteiger charge is 2.26. The van der Waals surface area contributed by atoms with Crippen molar-refractivity contribution in [1.82, 2.24) is 18.7 Å². The summed E-state index contributed by atoms with van der Waals surface area (Å²) in [5, 5.41) is 10.9. The number of nitro groups is 1. The fourth-order valence-corrected chi connectivity index (χ4v) is 3.76. The first-order valence-corrected chi connectivity index (χ1v) is 10.1. The molecule has 2 heterocycles. The summed E-state index contributed by atoms with van der Waals surface area (Å²) in [4.78, 5) is 41.3. The molecule has 0 spiro atoms. The number of halogens is 1. The number of rotatable bonds is 6. The van der Waals surface area contributed by atoms with Gasteiger partial charge in [-0.3, -0.25) is 19.5 Å². The van der Waals surface area contributed by atoms with Gasteiger partial charge in [-0.25, -0.2) is 18.7 Å². The number of hydrogen-bond donors (Lipinski definition) is 0. The number of hydrogen-bond acceptors (Lipinski definition) is 5. The number of non-ortho nitro benzene ring substituents is 1. The fraction of sp³-hybridized carbons (Fsp3) is 0.227. The molecule has 0 bridgehead atoms. The summed E-state index contributed by atoms with van der Waals surface area (Å²) in [6, 6.07) is 11.5. The maximum atomic E-state index is 13.5. The van der Waals surface area contributed by atoms with Gasteiger partial charge < -0.3 is 4.57 Å². The minimum atomic E-state index is -0.512. The second kappa shape index (κ2) is 7.56. The van der Waals surface area contributed by atoms with Gasteiger partial charge in [-0.05, 0) is 48.6 Å². The van der Waals surface area contributed by atoms with E-state index >= 15 is 0 Å². The molecule has 32 heavy (non-hydrogen) atoms. The highest BCUT2D eigenvalue weighted by atomic mass is 19.1. The SMILES string of the molecule is O=c1c2c(ncn2Cc2ccc([N+](=O)[O-])cc2)n(-c2ccc(F)cc2)c(=O)n1CC1CC1. The minimum Gasteiger partial charge on any atom is -0.320 e. The number of aromatic nitrogens is 4. The molecule has 9 nitrogen and oxygen atoms in total. The van der Waals surface area contributed by atoms with Gasteiger partial charge in [0.25, 0.3) is 11.2 Å². The van der Waals surface area contributed by atoms with Crippen molar-refractivity contribution < 1.29 is 9.31 Å². The molecule has 1 aliphatic rings. The summed E-state index contributed by atoms with van der Waals surface area (Å²) in [6.45, 7) is 0.562. The highest BCUT2D eigenvalue weighted by molar-refractivity contribution is 5.72. The summed E-state index contributed by atoms with van der Waals surface area (Å²) in [5.74, 6) is -0.154. The van der Waals surface area contributed by atoms with E-state index in [9.17, 15) is 24.1 Å². The Bertz CT molecular complexity index is 1450. The van der Waals surface area contributed by atoms with Crippen LogP contribution in [0.4, 0.5) is 10.1 Å². The second-order valence-electron chi connectivity index (χ2n) is 7.92. The average molecular weight is 435 g/mol. The Balaban J connectivity index is 1.68. The molecule has 0 N–H and O–H groups in total. The third kappa shape index (κ3) is 3.49. The average Bonchev–Trinajstić information content (AvgIpc) is 3.51. The fourth-order valence-electron chi connectivity index (χ4n) is 3.76. The molecular weight excluding hydrogens is 417 g/mol. The Morgan fingerprint density at radius 1 is 1.06 bits per heavy atom. The molecule has 1 saturated carbocycles. The Morgan fingerprint density at radius 3 is 2.38 bits per heavy atom. The van der Waals surface area contributed by atoms with Crippen molar-refractivity contribution in [2.24, 2.45) is 5.92 Å². The van der Waals surface area contributed by atoms with Gasteiger partial charge in [0.2, 0.25) is 0 Å². The number of nitrogens with zero attached hydrogens (tertiary/aromatic N) is 5. The van der Waals surface area contributed by atoms with Crippen molar-refractivity contribution in [3.63, 3.8) is 0 Å². The molecule has 1 aliphatic carbocycles. The standard InChI is InChI=1S/C22H18FN5O4/c23-16-5-9-17(10-6-16)27-20-19(21(29)26(22(27)30)12-15-1-2-15)25(13-24-20)11-14-3-7-18(8-4-14)28(31)32/h3-10,13,15H,1-2,11-12H2. The van der Waals surface area contributed by atoms with Gasteiger partial charge in [0.05, 0.1) is 16.9 Å². The quantitative estimate of drug-likeness (QED) is 0.342. The third-order valence-corrected chi connectivity index (χ3v) is 5.62. The Kier molecular flexibility index (Phi) is 4.69. The van der Waals surface area contributed by atoms with Crippen LogP contribution in [0.3, 0.4) is 0 Å². The van der Waals surface area contributed by atoms with Crippen molar-refractivity contribution in [3.8, 4) is 5.69 Å². The lowest BCUT2D eigenvalue weighted by atomic mass is 10.2. The van der Waals surface area contributed by atoms with E-state index in [0.717, 1.165) is 18.4 Å². The summed E-state index contributed by atoms with van der Waals surface area (Å²) in [6.07, 6.45) is 3.39. The molecule has 0 aliphatic heterocycles. The van der Waals surface area contributed by atoms with E-state index in [1.54, 1.807) is 16.7 Å². The summed E-state index contributed by atoms with van der Waals surface area (Å²) >= 11 is 0. The van der Waals surface area contributed by atoms with E-state index in [-0.39, 0.29) is 29.3 Å². The zero-order valence-electron chi connectivity index (χ0n) is 16.8. The van der Waals surface area contributed by atoms with Gasteiger partial charge in [0.15, 0.2) is 11.2 Å². The van der Waals surface area contributed by atoms with Crippen LogP contribution in [-0.2, 0) is 13.1 Å². The first-order chi connectivity index (χ1) is 15.4. The summed E-state index contributed by atoms with van der Waals surface area (Å²) in [5.41, 5.74) is 0.597. The molecule has 0 atom stereocenters. The van der Waals surface area contributed by atoms with E-state index in [1.807, 2.05) is 0 Å². The smallest absolute Gasteiger partial charge is 0.320 e. The monoisotopic (exact) mass is 435 g/mol. The lowest BCUT2D eigenvalue weighted by Gasteiger charge is -2.12. The number of imidazole rings is 1. The zero-order chi connectivity index (χ0) is 22.4. The molecule has 1 fully saturated rings. The maximum absolute atomic E-state index is 13.5. The van der Waals surface area contributed by atoms with Gasteiger partial charge in [0, 0.05) is 25.2 Å². The molecule has 162 valence electrons. The lowest BCUT2D eigenvalue weighted by molar-refractivity contribution is -0.384. The summed E-state index contributed by atoms with van der Waals surface area (Å²) < 4.78 is 17.6. The van der Waals surface area contributed by atoms with Gasteiger partial charge in [0.1, 0.15) is 5.82 Å². The van der Waals surface area contributed by atoms with Crippen LogP contribution in [-0.4, -0.2) is 23.6 Å². The van der Waals surface area contributed by atoms with Crippen LogP contribution in [0.1, 0.15) is 18.4 Å². The number of nitro benzene ring substituents is 1. The van der Waals surface area contributed by atoms with E-state index < -0.39 is 22.0 Å². The van der Waals surface area contributed by atoms with Crippen molar-refractivity contribution in [1.29, 1.82) is 0 Å². The van der Waals surface area contributed by atoms with Crippen molar-refractivity contribution in [2.45, 2.75) is 25.9 Å². The van der Waals surface area contributed by atoms with Gasteiger partial charge in [-0.1, -0.05) is 12.1 Å². The van der Waals surface area contributed by atoms with Crippen LogP contribution in [0, 0.1) is 21.8 Å². The Hall–Kier alpha value is -4.08. The second-order valence-corrected chi connectivity index (χ2v) is 7.92. The van der Waals surface area contributed by atoms with Crippen molar-refractivity contribution in [2.75, 3.05) is 0 Å². The van der Waals surface area contributed by atoms with E-state index in [4.69, 9.17) is 0 Å². The molecule has 0 saturated heterocycles. The summed E-state index contributed by atoms with van der Waals surface area (Å²) in [7, 11) is 0. The third-order valence-electron chi connectivity index (χ3n) is 5.62. The highest BCUT2D eigenvalue weighted by Crippen LogP contribution is 2.30. The molecular formula is C22H18FN5O4. The lowest BCUT2D eigenvalue weighted by Crippen LogP contribution is -2.40. The maximum Gasteiger partial charge on any atom is 0.337 e. The van der Waals surface area contributed by atoms with Crippen LogP contribution < -0.4 is 11.2 Å². The first kappa shape index (κ1) is 19.9. The normalized spacial score (nSPS) is 13.5. The van der Waals surface area contributed by atoms with E-state index in [0.29, 0.717) is 12.2 Å². The van der Waals surface area contributed by atoms with Gasteiger partial charge in [-0.15, -0.1) is 0 Å². The molecule has 10 heteroatoms. The molecule has 5 rings (SSSR count). The van der Waals surface area contributed by atoms with Crippen LogP contribution in [0.25, 0.3) is 16.9 Å². The van der Waals surface area contributed by atoms with Crippen LogP contribution in [0.2, 0.25) is 0 Å². The van der Waals surface area contributed by atoms with Crippen molar-refractivity contribution >= 4 is 16.9 Å². The van der Waals surface area contributed by atoms with Crippen LogP contribution in [0.15, 0.2) is 64.4 Å². The molecule has 0 radical (unpaired) electrons. The van der Waals surface area contributed by atoms with Gasteiger partial charge >= 0.3 is 5.69 Å². The van der Waals surface area contributed by atoms with Crippen LogP contribution >= 0.6 is 0 Å². The first-order valence-electron chi connectivity index (χ1n) is 10.1. The largest absolute Gasteiger partial charge is 0.337 e. The topological polar surface area (TPSA) is 105 Å². The number of fused-ring (bicyclic) bond motifs is 1. The zero-order valence-corrected chi connectivity index (χ0v) is 16.8. The Morgan fingerprint density at radius 2 is 1.75 bits per heavy atom. The van der Waals surface area contributed by atoms with E-state index in [1.165, 1.54) is 51.9 Å². The molecule has 0 amide bonds. The van der Waals surface area contributed by atoms with E-state index in [2.05, 4.69) is 4.98 Å². The van der Waals surface area contributed by atoms with Crippen molar-refractivity contribution in [3.05, 3.63) is 97.2 Å².